The highest BCUT2D eigenvalue weighted by Gasteiger charge is 2.41. The van der Waals surface area contributed by atoms with Crippen LogP contribution in [0.1, 0.15) is 24.1 Å². The number of rotatable bonds is 4. The Labute approximate surface area is 150 Å². The van der Waals surface area contributed by atoms with Crippen molar-refractivity contribution in [1.82, 2.24) is 15.2 Å². The number of likely N-dealkylation sites (tertiary alicyclic amines) is 1. The second kappa shape index (κ2) is 7.99. The zero-order valence-corrected chi connectivity index (χ0v) is 14.2. The van der Waals surface area contributed by atoms with E-state index in [1.54, 1.807) is 4.90 Å². The number of amides is 1. The minimum absolute atomic E-state index is 0.0664. The number of carbonyl (C=O) groups is 1. The highest BCUT2D eigenvalue weighted by atomic mass is 35.5. The predicted octanol–water partition coefficient (Wildman–Crippen LogP) is 3.64. The molecule has 1 aromatic heterocycles. The summed E-state index contributed by atoms with van der Waals surface area (Å²) in [5.41, 5.74) is -0.922. The molecule has 0 unspecified atom stereocenters. The van der Waals surface area contributed by atoms with Crippen LogP contribution in [0.25, 0.3) is 0 Å². The molecule has 1 saturated heterocycles. The first-order chi connectivity index (χ1) is 12.0. The Morgan fingerprint density at radius 3 is 2.35 bits per heavy atom. The van der Waals surface area contributed by atoms with Gasteiger partial charge in [-0.15, -0.1) is 0 Å². The average molecular weight is 404 g/mol. The number of alkyl halides is 6. The van der Waals surface area contributed by atoms with Gasteiger partial charge in [0.25, 0.3) is 0 Å². The lowest BCUT2D eigenvalue weighted by molar-refractivity contribution is -0.185. The van der Waals surface area contributed by atoms with E-state index < -0.39 is 29.7 Å². The van der Waals surface area contributed by atoms with E-state index in [0.29, 0.717) is 6.20 Å². The molecule has 1 N–H and O–H groups in total. The molecule has 146 valence electrons. The summed E-state index contributed by atoms with van der Waals surface area (Å²) in [5, 5.41) is 2.23. The summed E-state index contributed by atoms with van der Waals surface area (Å²) in [4.78, 5) is 17.1. The fourth-order valence-corrected chi connectivity index (χ4v) is 2.84. The van der Waals surface area contributed by atoms with E-state index >= 15 is 0 Å². The van der Waals surface area contributed by atoms with Crippen molar-refractivity contribution >= 4 is 17.5 Å². The summed E-state index contributed by atoms with van der Waals surface area (Å²) < 4.78 is 75.4. The molecule has 1 aromatic rings. The van der Waals surface area contributed by atoms with Crippen LogP contribution in [0.2, 0.25) is 5.02 Å². The van der Waals surface area contributed by atoms with Crippen molar-refractivity contribution in [3.63, 3.8) is 0 Å². The van der Waals surface area contributed by atoms with E-state index in [1.807, 2.05) is 0 Å². The molecule has 0 aliphatic carbocycles. The monoisotopic (exact) mass is 403 g/mol. The molecular formula is C15H16ClF6N3O. The van der Waals surface area contributed by atoms with Gasteiger partial charge in [-0.2, -0.15) is 26.3 Å². The Kier molecular flexibility index (Phi) is 6.38. The van der Waals surface area contributed by atoms with E-state index in [9.17, 15) is 31.1 Å². The van der Waals surface area contributed by atoms with Crippen molar-refractivity contribution in [2.75, 3.05) is 19.6 Å². The number of aromatic nitrogens is 1. The van der Waals surface area contributed by atoms with Gasteiger partial charge >= 0.3 is 12.4 Å². The number of carbonyl (C=O) groups excluding carboxylic acids is 1. The smallest absolute Gasteiger partial charge is 0.349 e. The third kappa shape index (κ3) is 5.73. The zero-order chi connectivity index (χ0) is 19.5. The van der Waals surface area contributed by atoms with Crippen molar-refractivity contribution in [2.45, 2.75) is 31.7 Å². The van der Waals surface area contributed by atoms with Gasteiger partial charge in [0.2, 0.25) is 5.91 Å². The largest absolute Gasteiger partial charge is 0.417 e. The van der Waals surface area contributed by atoms with Gasteiger partial charge in [-0.1, -0.05) is 11.6 Å². The number of piperidine rings is 1. The van der Waals surface area contributed by atoms with Gasteiger partial charge in [0.15, 0.2) is 0 Å². The summed E-state index contributed by atoms with van der Waals surface area (Å²) >= 11 is 5.74. The van der Waals surface area contributed by atoms with E-state index in [4.69, 9.17) is 11.6 Å². The summed E-state index contributed by atoms with van der Waals surface area (Å²) in [5.74, 6) is -1.81. The molecule has 1 fully saturated rings. The van der Waals surface area contributed by atoms with E-state index in [1.165, 1.54) is 0 Å². The van der Waals surface area contributed by atoms with E-state index in [0.717, 1.165) is 6.07 Å². The molecule has 0 radical (unpaired) electrons. The maximum atomic E-state index is 12.6. The van der Waals surface area contributed by atoms with Crippen LogP contribution in [0, 0.1) is 5.92 Å². The molecule has 1 aliphatic rings. The number of hydrogen-bond donors (Lipinski definition) is 1. The van der Waals surface area contributed by atoms with Crippen LogP contribution in [0.15, 0.2) is 12.3 Å². The summed E-state index contributed by atoms with van der Waals surface area (Å²) in [6.07, 6.45) is -8.30. The van der Waals surface area contributed by atoms with Gasteiger partial charge in [-0.25, -0.2) is 0 Å². The van der Waals surface area contributed by atoms with Crippen LogP contribution in [0.5, 0.6) is 0 Å². The lowest BCUT2D eigenvalue weighted by Gasteiger charge is -2.32. The van der Waals surface area contributed by atoms with Crippen LogP contribution in [-0.4, -0.2) is 41.6 Å². The molecule has 0 atom stereocenters. The summed E-state index contributed by atoms with van der Waals surface area (Å²) in [7, 11) is 0. The van der Waals surface area contributed by atoms with Gasteiger partial charge in [-0.05, 0) is 32.0 Å². The summed E-state index contributed by atoms with van der Waals surface area (Å²) in [6, 6.07) is 0.720. The molecule has 2 rings (SSSR count). The molecule has 2 heterocycles. The first kappa shape index (κ1) is 20.8. The van der Waals surface area contributed by atoms with Gasteiger partial charge in [0, 0.05) is 6.20 Å². The Morgan fingerprint density at radius 1 is 1.23 bits per heavy atom. The highest BCUT2D eigenvalue weighted by Crippen LogP contribution is 2.34. The van der Waals surface area contributed by atoms with Crippen molar-refractivity contribution in [3.8, 4) is 0 Å². The Bertz CT molecular complexity index is 641. The third-order valence-electron chi connectivity index (χ3n) is 4.12. The molecule has 11 heteroatoms. The molecular weight excluding hydrogens is 388 g/mol. The molecule has 0 aromatic carbocycles. The Balaban J connectivity index is 1.81. The normalized spacial score (nSPS) is 17.3. The fraction of sp³-hybridized carbons (Fsp3) is 0.600. The standard InChI is InChI=1S/C15H16ClF6N3O/c16-11-5-10(15(20,21)22)6-23-12(11)7-24-13(26)8-25-3-1-9(2-4-25)14(17,18)19/h5-6,9H,1-4,7-8H2,(H,24,26). The minimum Gasteiger partial charge on any atom is -0.349 e. The number of halogens is 7. The van der Waals surface area contributed by atoms with Gasteiger partial charge in [-0.3, -0.25) is 14.7 Å². The number of hydrogen-bond acceptors (Lipinski definition) is 3. The van der Waals surface area contributed by atoms with Crippen molar-refractivity contribution in [2.24, 2.45) is 5.92 Å². The molecule has 1 aliphatic heterocycles. The van der Waals surface area contributed by atoms with Gasteiger partial charge in [0.05, 0.1) is 35.3 Å². The van der Waals surface area contributed by atoms with Gasteiger partial charge < -0.3 is 5.32 Å². The number of pyridine rings is 1. The van der Waals surface area contributed by atoms with Crippen LogP contribution in [0.3, 0.4) is 0 Å². The van der Waals surface area contributed by atoms with Crippen LogP contribution >= 0.6 is 11.6 Å². The third-order valence-corrected chi connectivity index (χ3v) is 4.44. The van der Waals surface area contributed by atoms with Crippen LogP contribution < -0.4 is 5.32 Å². The maximum absolute atomic E-state index is 12.6. The molecule has 1 amide bonds. The maximum Gasteiger partial charge on any atom is 0.417 e. The first-order valence-electron chi connectivity index (χ1n) is 7.74. The van der Waals surface area contributed by atoms with E-state index in [-0.39, 0.29) is 49.7 Å². The minimum atomic E-state index is -4.57. The lowest BCUT2D eigenvalue weighted by atomic mass is 9.96. The number of nitrogens with zero attached hydrogens (tertiary/aromatic N) is 2. The van der Waals surface area contributed by atoms with Gasteiger partial charge in [0.1, 0.15) is 0 Å². The van der Waals surface area contributed by atoms with E-state index in [2.05, 4.69) is 10.3 Å². The number of nitrogens with one attached hydrogen (secondary N) is 1. The summed E-state index contributed by atoms with van der Waals surface area (Å²) in [6.45, 7) is 0.0332. The average Bonchev–Trinajstić information content (AvgIpc) is 2.52. The highest BCUT2D eigenvalue weighted by molar-refractivity contribution is 6.31. The Hall–Kier alpha value is -1.55. The lowest BCUT2D eigenvalue weighted by Crippen LogP contribution is -2.43. The molecule has 0 saturated carbocycles. The molecule has 0 spiro atoms. The zero-order valence-electron chi connectivity index (χ0n) is 13.4. The van der Waals surface area contributed by atoms with Crippen LogP contribution in [-0.2, 0) is 17.5 Å². The second-order valence-corrected chi connectivity index (χ2v) is 6.43. The second-order valence-electron chi connectivity index (χ2n) is 6.02. The van der Waals surface area contributed by atoms with Crippen molar-refractivity contribution < 1.29 is 31.1 Å². The van der Waals surface area contributed by atoms with Crippen LogP contribution in [0.4, 0.5) is 26.3 Å². The SMILES string of the molecule is O=C(CN1CCC(C(F)(F)F)CC1)NCc1ncc(C(F)(F)F)cc1Cl. The molecule has 4 nitrogen and oxygen atoms in total. The first-order valence-corrected chi connectivity index (χ1v) is 8.12. The molecule has 0 bridgehead atoms. The van der Waals surface area contributed by atoms with Crippen molar-refractivity contribution in [1.29, 1.82) is 0 Å². The Morgan fingerprint density at radius 2 is 1.85 bits per heavy atom. The quantitative estimate of drug-likeness (QED) is 0.781. The topological polar surface area (TPSA) is 45.2 Å². The molecule has 26 heavy (non-hydrogen) atoms. The van der Waals surface area contributed by atoms with Crippen molar-refractivity contribution in [3.05, 3.63) is 28.5 Å². The fourth-order valence-electron chi connectivity index (χ4n) is 2.61. The predicted molar refractivity (Wildman–Crippen MR) is 81.3 cm³/mol.